The van der Waals surface area contributed by atoms with Gasteiger partial charge in [0.1, 0.15) is 6.04 Å². The fourth-order valence-corrected chi connectivity index (χ4v) is 5.77. The lowest BCUT2D eigenvalue weighted by Gasteiger charge is -2.31. The monoisotopic (exact) mass is 592 g/mol. The van der Waals surface area contributed by atoms with Crippen LogP contribution in [-0.2, 0) is 28.3 Å². The van der Waals surface area contributed by atoms with E-state index >= 15 is 0 Å². The van der Waals surface area contributed by atoms with Crippen molar-refractivity contribution in [2.45, 2.75) is 31.7 Å². The summed E-state index contributed by atoms with van der Waals surface area (Å²) in [5, 5.41) is 4.06. The van der Waals surface area contributed by atoms with E-state index in [4.69, 9.17) is 23.2 Å². The van der Waals surface area contributed by atoms with Gasteiger partial charge in [-0.15, -0.1) is 11.8 Å². The number of nitrogens with zero attached hydrogens (tertiary/aromatic N) is 1. The number of thioether (sulfide) groups is 1. The van der Waals surface area contributed by atoms with Gasteiger partial charge in [0, 0.05) is 39.8 Å². The zero-order chi connectivity index (χ0) is 25.2. The maximum Gasteiger partial charge on any atom is 0.243 e. The SMILES string of the molecule is CCNC(=O)[C@H](Cc1ccccc1)N(Cc1cccc(Br)c1)C(=O)CSCc1c(Cl)cccc1Cl. The van der Waals surface area contributed by atoms with Gasteiger partial charge in [-0.3, -0.25) is 9.59 Å². The highest BCUT2D eigenvalue weighted by molar-refractivity contribution is 9.10. The van der Waals surface area contributed by atoms with Gasteiger partial charge in [0.05, 0.1) is 5.75 Å². The second-order valence-electron chi connectivity index (χ2n) is 7.94. The lowest BCUT2D eigenvalue weighted by molar-refractivity contribution is -0.139. The summed E-state index contributed by atoms with van der Waals surface area (Å²) in [6.07, 6.45) is 0.424. The third-order valence-corrected chi connectivity index (χ3v) is 7.54. The maximum absolute atomic E-state index is 13.6. The van der Waals surface area contributed by atoms with E-state index in [0.29, 0.717) is 35.3 Å². The van der Waals surface area contributed by atoms with Crippen LogP contribution in [0.2, 0.25) is 10.0 Å². The Morgan fingerprint density at radius 3 is 2.29 bits per heavy atom. The van der Waals surface area contributed by atoms with E-state index in [1.807, 2.05) is 61.5 Å². The Morgan fingerprint density at radius 2 is 1.63 bits per heavy atom. The van der Waals surface area contributed by atoms with Crippen molar-refractivity contribution < 1.29 is 9.59 Å². The molecule has 0 aromatic heterocycles. The average molecular weight is 594 g/mol. The molecule has 0 aliphatic heterocycles. The van der Waals surface area contributed by atoms with E-state index in [-0.39, 0.29) is 17.6 Å². The molecular formula is C27H27BrCl2N2O2S. The lowest BCUT2D eigenvalue weighted by Crippen LogP contribution is -2.51. The van der Waals surface area contributed by atoms with Gasteiger partial charge in [-0.2, -0.15) is 0 Å². The summed E-state index contributed by atoms with van der Waals surface area (Å²) in [5.74, 6) is 0.406. The summed E-state index contributed by atoms with van der Waals surface area (Å²) in [6, 6.07) is 22.3. The molecule has 4 nitrogen and oxygen atoms in total. The van der Waals surface area contributed by atoms with Crippen molar-refractivity contribution >= 4 is 62.7 Å². The molecule has 3 aromatic rings. The number of rotatable bonds is 11. The molecule has 1 N–H and O–H groups in total. The predicted molar refractivity (Wildman–Crippen MR) is 150 cm³/mol. The van der Waals surface area contributed by atoms with Crippen LogP contribution in [-0.4, -0.2) is 35.1 Å². The van der Waals surface area contributed by atoms with E-state index in [1.165, 1.54) is 11.8 Å². The summed E-state index contributed by atoms with van der Waals surface area (Å²) in [5.41, 5.74) is 2.73. The number of carbonyl (C=O) groups excluding carboxylic acids is 2. The molecule has 8 heteroatoms. The van der Waals surface area contributed by atoms with Gasteiger partial charge in [-0.1, -0.05) is 87.7 Å². The van der Waals surface area contributed by atoms with Crippen molar-refractivity contribution in [3.63, 3.8) is 0 Å². The minimum Gasteiger partial charge on any atom is -0.355 e. The van der Waals surface area contributed by atoms with Crippen LogP contribution < -0.4 is 5.32 Å². The molecular weight excluding hydrogens is 567 g/mol. The Bertz CT molecular complexity index is 1130. The molecule has 0 fully saturated rings. The number of amides is 2. The minimum absolute atomic E-state index is 0.120. The number of hydrogen-bond donors (Lipinski definition) is 1. The predicted octanol–water partition coefficient (Wildman–Crippen LogP) is 6.77. The molecule has 0 aliphatic rings. The van der Waals surface area contributed by atoms with Crippen molar-refractivity contribution in [2.75, 3.05) is 12.3 Å². The molecule has 0 radical (unpaired) electrons. The molecule has 0 heterocycles. The van der Waals surface area contributed by atoms with Gasteiger partial charge in [0.25, 0.3) is 0 Å². The van der Waals surface area contributed by atoms with Crippen LogP contribution in [0.15, 0.2) is 77.3 Å². The number of carbonyl (C=O) groups is 2. The Morgan fingerprint density at radius 1 is 0.971 bits per heavy atom. The van der Waals surface area contributed by atoms with Crippen LogP contribution >= 0.6 is 50.9 Å². The first-order chi connectivity index (χ1) is 16.9. The third kappa shape index (κ3) is 8.28. The molecule has 2 amide bonds. The summed E-state index contributed by atoms with van der Waals surface area (Å²) >= 11 is 17.5. The van der Waals surface area contributed by atoms with Crippen molar-refractivity contribution in [3.05, 3.63) is 104 Å². The number of hydrogen-bond acceptors (Lipinski definition) is 3. The first-order valence-electron chi connectivity index (χ1n) is 11.2. The van der Waals surface area contributed by atoms with Crippen LogP contribution in [0.25, 0.3) is 0 Å². The summed E-state index contributed by atoms with van der Waals surface area (Å²) in [6.45, 7) is 2.68. The molecule has 0 saturated carbocycles. The fourth-order valence-electron chi connectivity index (χ4n) is 3.67. The summed E-state index contributed by atoms with van der Waals surface area (Å²) < 4.78 is 0.919. The maximum atomic E-state index is 13.6. The van der Waals surface area contributed by atoms with Crippen molar-refractivity contribution in [3.8, 4) is 0 Å². The van der Waals surface area contributed by atoms with Crippen LogP contribution in [0, 0.1) is 0 Å². The van der Waals surface area contributed by atoms with Gasteiger partial charge in [0.2, 0.25) is 11.8 Å². The van der Waals surface area contributed by atoms with E-state index in [2.05, 4.69) is 21.2 Å². The Labute approximate surface area is 229 Å². The largest absolute Gasteiger partial charge is 0.355 e. The topological polar surface area (TPSA) is 49.4 Å². The van der Waals surface area contributed by atoms with Crippen LogP contribution in [0.5, 0.6) is 0 Å². The highest BCUT2D eigenvalue weighted by atomic mass is 79.9. The highest BCUT2D eigenvalue weighted by Crippen LogP contribution is 2.28. The molecule has 0 unspecified atom stereocenters. The van der Waals surface area contributed by atoms with Gasteiger partial charge in [-0.05, 0) is 47.9 Å². The van der Waals surface area contributed by atoms with E-state index in [9.17, 15) is 9.59 Å². The summed E-state index contributed by atoms with van der Waals surface area (Å²) in [4.78, 5) is 28.4. The van der Waals surface area contributed by atoms with Crippen LogP contribution in [0.1, 0.15) is 23.6 Å². The molecule has 184 valence electrons. The smallest absolute Gasteiger partial charge is 0.243 e. The first-order valence-corrected chi connectivity index (χ1v) is 14.0. The number of likely N-dealkylation sites (N-methyl/N-ethyl adjacent to an activating group) is 1. The van der Waals surface area contributed by atoms with E-state index in [1.54, 1.807) is 23.1 Å². The van der Waals surface area contributed by atoms with Gasteiger partial charge in [0.15, 0.2) is 0 Å². The lowest BCUT2D eigenvalue weighted by atomic mass is 10.0. The van der Waals surface area contributed by atoms with Crippen LogP contribution in [0.4, 0.5) is 0 Å². The van der Waals surface area contributed by atoms with Gasteiger partial charge >= 0.3 is 0 Å². The van der Waals surface area contributed by atoms with Crippen molar-refractivity contribution in [2.24, 2.45) is 0 Å². The molecule has 1 atom stereocenters. The molecule has 0 spiro atoms. The minimum atomic E-state index is -0.645. The van der Waals surface area contributed by atoms with E-state index in [0.717, 1.165) is 21.2 Å². The van der Waals surface area contributed by atoms with Gasteiger partial charge in [-0.25, -0.2) is 0 Å². The molecule has 0 bridgehead atoms. The Hall–Kier alpha value is -1.99. The second-order valence-corrected chi connectivity index (χ2v) is 10.7. The highest BCUT2D eigenvalue weighted by Gasteiger charge is 2.30. The second kappa shape index (κ2) is 13.9. The molecule has 35 heavy (non-hydrogen) atoms. The molecule has 0 aliphatic carbocycles. The zero-order valence-electron chi connectivity index (χ0n) is 19.3. The fraction of sp³-hybridized carbons (Fsp3) is 0.259. The standard InChI is InChI=1S/C27H27BrCl2N2O2S/c1-2-31-27(34)25(15-19-8-4-3-5-9-19)32(16-20-10-6-11-21(28)14-20)26(33)18-35-17-22-23(29)12-7-13-24(22)30/h3-14,25H,2,15-18H2,1H3,(H,31,34)/t25-/m0/s1. The quantitative estimate of drug-likeness (QED) is 0.267. The third-order valence-electron chi connectivity index (χ3n) is 5.40. The van der Waals surface area contributed by atoms with Crippen molar-refractivity contribution in [1.82, 2.24) is 10.2 Å². The molecule has 3 rings (SSSR count). The van der Waals surface area contributed by atoms with Crippen molar-refractivity contribution in [1.29, 1.82) is 0 Å². The average Bonchev–Trinajstić information content (AvgIpc) is 2.84. The van der Waals surface area contributed by atoms with Gasteiger partial charge < -0.3 is 10.2 Å². The van der Waals surface area contributed by atoms with E-state index < -0.39 is 6.04 Å². The Kier molecular flexibility index (Phi) is 11.0. The normalized spacial score (nSPS) is 11.7. The van der Waals surface area contributed by atoms with Crippen LogP contribution in [0.3, 0.4) is 0 Å². The molecule has 0 saturated heterocycles. The number of nitrogens with one attached hydrogen (secondary N) is 1. The number of halogens is 3. The molecule has 3 aromatic carbocycles. The zero-order valence-corrected chi connectivity index (χ0v) is 23.3. The number of benzene rings is 3. The summed E-state index contributed by atoms with van der Waals surface area (Å²) in [7, 11) is 0. The first kappa shape index (κ1) is 27.6. The Balaban J connectivity index is 1.85.